The van der Waals surface area contributed by atoms with Gasteiger partial charge in [0.05, 0.1) is 5.69 Å². The van der Waals surface area contributed by atoms with E-state index in [-0.39, 0.29) is 22.5 Å². The third-order valence-electron chi connectivity index (χ3n) is 5.44. The number of nitrogens with one attached hydrogen (secondary N) is 1. The van der Waals surface area contributed by atoms with Gasteiger partial charge in [0.25, 0.3) is 0 Å². The number of Topliss-reactive ketones (excluding diaryl/α,β-unsaturated/α-hetero) is 1. The molecule has 1 aromatic rings. The van der Waals surface area contributed by atoms with Crippen molar-refractivity contribution in [2.45, 2.75) is 33.6 Å². The maximum atomic E-state index is 12.6. The molecule has 0 spiro atoms. The van der Waals surface area contributed by atoms with Crippen LogP contribution in [-0.4, -0.2) is 11.5 Å². The second-order valence-electron chi connectivity index (χ2n) is 6.59. The second kappa shape index (κ2) is 4.42. The average Bonchev–Trinajstić information content (AvgIpc) is 2.71. The van der Waals surface area contributed by atoms with E-state index < -0.39 is 0 Å². The van der Waals surface area contributed by atoms with Gasteiger partial charge in [0.1, 0.15) is 5.71 Å². The molecule has 2 bridgehead atoms. The Hall–Kier alpha value is -1.16. The molecular weight excluding hydrogens is 316 g/mol. The van der Waals surface area contributed by atoms with Crippen molar-refractivity contribution in [1.82, 2.24) is 0 Å². The molecule has 2 saturated carbocycles. The molecule has 0 unspecified atom stereocenters. The van der Waals surface area contributed by atoms with Crippen LogP contribution in [0.5, 0.6) is 0 Å². The Kier molecular flexibility index (Phi) is 3.05. The van der Waals surface area contributed by atoms with E-state index >= 15 is 0 Å². The van der Waals surface area contributed by atoms with E-state index in [9.17, 15) is 4.79 Å². The number of carbonyl (C=O) groups is 1. The fourth-order valence-corrected chi connectivity index (χ4v) is 3.87. The van der Waals surface area contributed by atoms with Gasteiger partial charge in [-0.15, -0.1) is 0 Å². The number of benzene rings is 1. The number of ketones is 1. The number of carbonyl (C=O) groups excluding carboxylic acids is 1. The summed E-state index contributed by atoms with van der Waals surface area (Å²) in [5.74, 6) is 0.506. The number of nitrogens with zero attached hydrogens (tertiary/aromatic N) is 1. The molecule has 0 radical (unpaired) electrons. The number of anilines is 1. The van der Waals surface area contributed by atoms with Gasteiger partial charge in [-0.1, -0.05) is 36.7 Å². The first kappa shape index (κ1) is 13.8. The number of hydrazone groups is 1. The summed E-state index contributed by atoms with van der Waals surface area (Å²) in [4.78, 5) is 12.6. The van der Waals surface area contributed by atoms with Gasteiger partial charge in [-0.25, -0.2) is 0 Å². The average molecular weight is 335 g/mol. The lowest BCUT2D eigenvalue weighted by Crippen LogP contribution is -2.33. The summed E-state index contributed by atoms with van der Waals surface area (Å²) in [5, 5.41) is 4.43. The Bertz CT molecular complexity index is 591. The van der Waals surface area contributed by atoms with Crippen LogP contribution in [-0.2, 0) is 4.79 Å². The molecule has 3 nitrogen and oxygen atoms in total. The molecule has 1 N–H and O–H groups in total. The first-order valence-electron chi connectivity index (χ1n) is 7.00. The van der Waals surface area contributed by atoms with E-state index in [0.717, 1.165) is 28.7 Å². The van der Waals surface area contributed by atoms with E-state index in [1.165, 1.54) is 0 Å². The van der Waals surface area contributed by atoms with Gasteiger partial charge in [-0.05, 0) is 42.5 Å². The topological polar surface area (TPSA) is 41.5 Å². The Morgan fingerprint density at radius 1 is 1.25 bits per heavy atom. The van der Waals surface area contributed by atoms with Crippen LogP contribution in [0.25, 0.3) is 0 Å². The monoisotopic (exact) mass is 334 g/mol. The zero-order valence-corrected chi connectivity index (χ0v) is 13.6. The summed E-state index contributed by atoms with van der Waals surface area (Å²) in [6.07, 6.45) is 2.05. The van der Waals surface area contributed by atoms with Gasteiger partial charge >= 0.3 is 0 Å². The van der Waals surface area contributed by atoms with Gasteiger partial charge in [0, 0.05) is 15.8 Å². The van der Waals surface area contributed by atoms with Gasteiger partial charge < -0.3 is 0 Å². The molecule has 0 heterocycles. The van der Waals surface area contributed by atoms with Crippen molar-refractivity contribution in [1.29, 1.82) is 0 Å². The van der Waals surface area contributed by atoms with Crippen LogP contribution in [0.1, 0.15) is 33.6 Å². The molecular formula is C16H19BrN2O. The molecule has 0 aliphatic heterocycles. The molecule has 0 aromatic heterocycles. The Morgan fingerprint density at radius 3 is 2.45 bits per heavy atom. The predicted octanol–water partition coefficient (Wildman–Crippen LogP) is 4.24. The largest absolute Gasteiger partial charge is 0.292 e. The lowest BCUT2D eigenvalue weighted by Gasteiger charge is -2.31. The molecule has 2 fully saturated rings. The highest BCUT2D eigenvalue weighted by Crippen LogP contribution is 2.62. The summed E-state index contributed by atoms with van der Waals surface area (Å²) >= 11 is 3.40. The number of halogens is 1. The molecule has 1 aromatic carbocycles. The molecule has 20 heavy (non-hydrogen) atoms. The summed E-state index contributed by atoms with van der Waals surface area (Å²) in [5.41, 5.74) is 4.44. The minimum absolute atomic E-state index is 0.0182. The fourth-order valence-electron chi connectivity index (χ4n) is 3.60. The highest BCUT2D eigenvalue weighted by atomic mass is 79.9. The number of fused-ring (bicyclic) bond motifs is 2. The highest BCUT2D eigenvalue weighted by Gasteiger charge is 2.65. The van der Waals surface area contributed by atoms with E-state index in [1.54, 1.807) is 0 Å². The van der Waals surface area contributed by atoms with Crippen LogP contribution < -0.4 is 5.43 Å². The van der Waals surface area contributed by atoms with Crippen LogP contribution in [0.2, 0.25) is 0 Å². The molecule has 2 aliphatic rings. The number of hydrogen-bond donors (Lipinski definition) is 1. The quantitative estimate of drug-likeness (QED) is 0.821. The van der Waals surface area contributed by atoms with Gasteiger partial charge in [-0.2, -0.15) is 5.10 Å². The SMILES string of the molecule is CC1(C)[C@H]2CC[C@@]1(C)C(=O)/C2=N\Nc1ccc(Br)cc1. The lowest BCUT2D eigenvalue weighted by molar-refractivity contribution is -0.123. The highest BCUT2D eigenvalue weighted by molar-refractivity contribution is 9.10. The van der Waals surface area contributed by atoms with E-state index in [4.69, 9.17) is 0 Å². The summed E-state index contributed by atoms with van der Waals surface area (Å²) < 4.78 is 1.03. The van der Waals surface area contributed by atoms with E-state index in [2.05, 4.69) is 47.2 Å². The summed E-state index contributed by atoms with van der Waals surface area (Å²) in [7, 11) is 0. The minimum atomic E-state index is -0.238. The zero-order chi connectivity index (χ0) is 14.5. The molecule has 0 amide bonds. The van der Waals surface area contributed by atoms with Crippen molar-refractivity contribution in [3.63, 3.8) is 0 Å². The molecule has 2 aliphatic carbocycles. The smallest absolute Gasteiger partial charge is 0.185 e. The minimum Gasteiger partial charge on any atom is -0.292 e. The van der Waals surface area contributed by atoms with E-state index in [0.29, 0.717) is 0 Å². The Morgan fingerprint density at radius 2 is 1.90 bits per heavy atom. The lowest BCUT2D eigenvalue weighted by atomic mass is 9.70. The fraction of sp³-hybridized carbons (Fsp3) is 0.500. The Balaban J connectivity index is 1.87. The molecule has 4 heteroatoms. The van der Waals surface area contributed by atoms with Crippen molar-refractivity contribution < 1.29 is 4.79 Å². The zero-order valence-electron chi connectivity index (χ0n) is 12.0. The standard InChI is InChI=1S/C16H19BrN2O/c1-15(2)12-8-9-16(15,3)14(20)13(12)19-18-11-6-4-10(17)5-7-11/h4-7,12,18H,8-9H2,1-3H3/b19-13-/t12-,16-/m0/s1. The van der Waals surface area contributed by atoms with E-state index in [1.807, 2.05) is 24.3 Å². The Labute approximate surface area is 128 Å². The predicted molar refractivity (Wildman–Crippen MR) is 84.8 cm³/mol. The van der Waals surface area contributed by atoms with Crippen molar-refractivity contribution in [2.75, 3.05) is 5.43 Å². The van der Waals surface area contributed by atoms with Crippen molar-refractivity contribution in [3.8, 4) is 0 Å². The first-order valence-corrected chi connectivity index (χ1v) is 7.79. The maximum Gasteiger partial charge on any atom is 0.185 e. The third kappa shape index (κ3) is 1.77. The van der Waals surface area contributed by atoms with Crippen LogP contribution in [0.4, 0.5) is 5.69 Å². The van der Waals surface area contributed by atoms with Gasteiger partial charge in [-0.3, -0.25) is 10.2 Å². The van der Waals surface area contributed by atoms with Crippen molar-refractivity contribution in [2.24, 2.45) is 21.8 Å². The van der Waals surface area contributed by atoms with Crippen LogP contribution >= 0.6 is 15.9 Å². The summed E-state index contributed by atoms with van der Waals surface area (Å²) in [6, 6.07) is 7.80. The molecule has 106 valence electrons. The van der Waals surface area contributed by atoms with Gasteiger partial charge in [0.2, 0.25) is 0 Å². The molecule has 2 atom stereocenters. The number of hydrogen-bond acceptors (Lipinski definition) is 3. The van der Waals surface area contributed by atoms with Crippen molar-refractivity contribution >= 4 is 33.1 Å². The molecule has 3 rings (SSSR count). The summed E-state index contributed by atoms with van der Waals surface area (Å²) in [6.45, 7) is 6.49. The van der Waals surface area contributed by atoms with Crippen LogP contribution in [0, 0.1) is 16.7 Å². The second-order valence-corrected chi connectivity index (χ2v) is 7.51. The number of rotatable bonds is 2. The third-order valence-corrected chi connectivity index (χ3v) is 5.97. The normalized spacial score (nSPS) is 32.9. The van der Waals surface area contributed by atoms with Crippen LogP contribution in [0.15, 0.2) is 33.8 Å². The molecule has 0 saturated heterocycles. The maximum absolute atomic E-state index is 12.6. The van der Waals surface area contributed by atoms with Crippen molar-refractivity contribution in [3.05, 3.63) is 28.7 Å². The van der Waals surface area contributed by atoms with Gasteiger partial charge in [0.15, 0.2) is 5.78 Å². The van der Waals surface area contributed by atoms with Crippen LogP contribution in [0.3, 0.4) is 0 Å². The first-order chi connectivity index (χ1) is 9.36.